The second-order valence-electron chi connectivity index (χ2n) is 43.6. The first-order valence-corrected chi connectivity index (χ1v) is 55.8. The second-order valence-corrected chi connectivity index (χ2v) is 45.9. The summed E-state index contributed by atoms with van der Waals surface area (Å²) in [6.07, 6.45) is 39.0. The summed E-state index contributed by atoms with van der Waals surface area (Å²) in [4.78, 5) is 0. The molecule has 0 atom stereocenters. The molecule has 0 aromatic carbocycles. The van der Waals surface area contributed by atoms with Crippen LogP contribution in [0.25, 0.3) is 0 Å². The number of rotatable bonds is 16. The molecule has 7 saturated heterocycles. The molecule has 0 aromatic heterocycles. The Kier molecular flexibility index (Phi) is 91.1. The summed E-state index contributed by atoms with van der Waals surface area (Å²) < 4.78 is 17.0. The first-order chi connectivity index (χ1) is 56.1. The number of nitrogens with one attached hydrogen (secondary N) is 2. The zero-order valence-corrected chi connectivity index (χ0v) is 94.9. The van der Waals surface area contributed by atoms with Crippen molar-refractivity contribution >= 4 is 23.5 Å². The van der Waals surface area contributed by atoms with E-state index in [1.165, 1.54) is 229 Å². The highest BCUT2D eigenvalue weighted by Gasteiger charge is 2.45. The molecule has 2 N–H and O–H groups in total. The van der Waals surface area contributed by atoms with Crippen LogP contribution in [0.4, 0.5) is 0 Å². The molecule has 8 aliphatic rings. The summed E-state index contributed by atoms with van der Waals surface area (Å²) >= 11 is 4.29. The molecule has 120 heavy (non-hydrogen) atoms. The SMILES string of the molecule is CC(C)C1(C(C)C)CCCCC1.CC(C)C1(C(C)C)CCCCN1.CC(C)C1(C(C)C)CCCCO1.CC(C)C1(C(C)C)CCCNC1.CC(C)C1(C(C)C)CCCOC1.CC(C)C1(C(C)C)CCCSC1.CC(C)C1(C(C)C)CCOCC1.CC(C)C1(C(C)C)CCSCC1.CCC.CCC.CCC.CCC.CCC.CCC.CCC.CCC. The van der Waals surface area contributed by atoms with E-state index in [0.29, 0.717) is 49.9 Å². The van der Waals surface area contributed by atoms with Gasteiger partial charge in [0.25, 0.3) is 0 Å². The lowest BCUT2D eigenvalue weighted by Crippen LogP contribution is -2.56. The van der Waals surface area contributed by atoms with Gasteiger partial charge in [0.15, 0.2) is 0 Å². The molecule has 7 heterocycles. The third kappa shape index (κ3) is 52.5. The summed E-state index contributed by atoms with van der Waals surface area (Å²) in [6.45, 7) is 118. The summed E-state index contributed by atoms with van der Waals surface area (Å²) in [6, 6.07) is 0. The minimum absolute atomic E-state index is 0.179. The average Bonchev–Trinajstić information content (AvgIpc) is 0.882. The lowest BCUT2D eigenvalue weighted by molar-refractivity contribution is -0.137. The zero-order chi connectivity index (χ0) is 95.2. The van der Waals surface area contributed by atoms with Gasteiger partial charge in [0.05, 0.1) is 12.2 Å². The first kappa shape index (κ1) is 136. The molecule has 1 saturated carbocycles. The lowest BCUT2D eigenvalue weighted by atomic mass is 9.61. The maximum Gasteiger partial charge on any atom is 0.0728 e. The van der Waals surface area contributed by atoms with E-state index in [2.05, 4.69) is 366 Å². The van der Waals surface area contributed by atoms with Gasteiger partial charge in [0, 0.05) is 38.5 Å². The molecule has 8 fully saturated rings. The Bertz CT molecular complexity index is 1510. The summed E-state index contributed by atoms with van der Waals surface area (Å²) in [5.41, 5.74) is 4.16. The van der Waals surface area contributed by atoms with Crippen molar-refractivity contribution < 1.29 is 14.2 Å². The van der Waals surface area contributed by atoms with E-state index in [1.807, 2.05) is 0 Å². The van der Waals surface area contributed by atoms with Gasteiger partial charge < -0.3 is 24.8 Å². The normalized spacial score (nSPS) is 20.0. The van der Waals surface area contributed by atoms with Gasteiger partial charge in [-0.25, -0.2) is 0 Å². The molecule has 5 nitrogen and oxygen atoms in total. The van der Waals surface area contributed by atoms with Crippen molar-refractivity contribution in [3.8, 4) is 0 Å². The van der Waals surface area contributed by atoms with Crippen LogP contribution in [0, 0.1) is 127 Å². The van der Waals surface area contributed by atoms with Gasteiger partial charge in [-0.05, 0) is 272 Å². The van der Waals surface area contributed by atoms with Gasteiger partial charge >= 0.3 is 0 Å². The maximum atomic E-state index is 5.99. The molecule has 0 amide bonds. The van der Waals surface area contributed by atoms with Crippen molar-refractivity contribution in [3.05, 3.63) is 0 Å². The zero-order valence-electron chi connectivity index (χ0n) is 93.3. The Morgan fingerprint density at radius 2 is 0.550 bits per heavy atom. The highest BCUT2D eigenvalue weighted by atomic mass is 32.2. The standard InChI is InChI=1S/C12H24.2C11H23N.3C11H22O.2C11H22S.8C3H8/c1-10(2)12(11(3)4)8-6-5-7-9-12;1-9(2)11(10(3)4)6-5-7-12-8-11;1-9(2)11(10(3)4)7-5-6-8-12-11;1-9(2)11(10(3)4)5-7-12-8-6-11;1-9(2)11(10(3)4)6-5-7-12-8-11;1-9(2)11(10(3)4)7-5-6-8-12-11;1-9(2)11(10(3)4)5-7-12-8-6-11;1-9(2)11(10(3)4)6-5-7-12-8-11;8*1-3-2/h10-11H,5-9H2,1-4H3;2*9-10,12H,5-8H2,1-4H3;5*9-10H,5-8H2,1-4H3;8*3H2,1-2H3. The summed E-state index contributed by atoms with van der Waals surface area (Å²) in [5.74, 6) is 18.2. The summed E-state index contributed by atoms with van der Waals surface area (Å²) in [7, 11) is 0. The van der Waals surface area contributed by atoms with Gasteiger partial charge in [-0.1, -0.05) is 409 Å². The van der Waals surface area contributed by atoms with E-state index < -0.39 is 0 Å². The van der Waals surface area contributed by atoms with Gasteiger partial charge in [-0.2, -0.15) is 23.5 Å². The van der Waals surface area contributed by atoms with Crippen LogP contribution in [0.15, 0.2) is 0 Å². The smallest absolute Gasteiger partial charge is 0.0728 e. The molecule has 8 rings (SSSR count). The van der Waals surface area contributed by atoms with Gasteiger partial charge in [-0.15, -0.1) is 0 Å². The van der Waals surface area contributed by atoms with Gasteiger partial charge in [0.2, 0.25) is 0 Å². The van der Waals surface area contributed by atoms with Gasteiger partial charge in [-0.3, -0.25) is 0 Å². The molecule has 0 aromatic rings. The highest BCUT2D eigenvalue weighted by Crippen LogP contribution is 2.51. The average molecular weight is 1740 g/mol. The summed E-state index contributed by atoms with van der Waals surface area (Å²) in [5, 5.41) is 7.27. The van der Waals surface area contributed by atoms with Crippen molar-refractivity contribution in [1.82, 2.24) is 10.6 Å². The largest absolute Gasteiger partial charge is 0.381 e. The lowest BCUT2D eigenvalue weighted by Gasteiger charge is -2.45. The Hall–Kier alpha value is 0.500. The van der Waals surface area contributed by atoms with Crippen molar-refractivity contribution in [2.45, 2.75) is 530 Å². The van der Waals surface area contributed by atoms with Crippen LogP contribution in [0.3, 0.4) is 0 Å². The van der Waals surface area contributed by atoms with Gasteiger partial charge in [0.1, 0.15) is 0 Å². The quantitative estimate of drug-likeness (QED) is 0.160. The molecule has 0 bridgehead atoms. The van der Waals surface area contributed by atoms with Crippen molar-refractivity contribution in [1.29, 1.82) is 0 Å². The predicted molar refractivity (Wildman–Crippen MR) is 565 cm³/mol. The van der Waals surface area contributed by atoms with Crippen LogP contribution < -0.4 is 10.6 Å². The van der Waals surface area contributed by atoms with Crippen LogP contribution in [0.2, 0.25) is 0 Å². The van der Waals surface area contributed by atoms with E-state index in [1.54, 1.807) is 0 Å². The van der Waals surface area contributed by atoms with Crippen LogP contribution in [-0.4, -0.2) is 86.8 Å². The molecule has 736 valence electrons. The second kappa shape index (κ2) is 80.4. The van der Waals surface area contributed by atoms with E-state index >= 15 is 0 Å². The molecule has 7 aliphatic heterocycles. The number of hydrogen-bond donors (Lipinski definition) is 2. The van der Waals surface area contributed by atoms with Crippen molar-refractivity contribution in [2.75, 3.05) is 75.7 Å². The van der Waals surface area contributed by atoms with Crippen molar-refractivity contribution in [2.24, 2.45) is 127 Å². The first-order valence-electron chi connectivity index (χ1n) is 53.5. The van der Waals surface area contributed by atoms with Crippen LogP contribution >= 0.6 is 23.5 Å². The Morgan fingerprint density at radius 1 is 0.233 bits per heavy atom. The molecule has 0 spiro atoms. The molecular weight excluding hydrogens is 1500 g/mol. The Morgan fingerprint density at radius 3 is 0.750 bits per heavy atom. The van der Waals surface area contributed by atoms with E-state index in [4.69, 9.17) is 14.2 Å². The monoisotopic (exact) mass is 1740 g/mol. The number of hydrogen-bond acceptors (Lipinski definition) is 7. The Labute approximate surface area is 775 Å². The molecule has 1 aliphatic carbocycles. The fraction of sp³-hybridized carbons (Fsp3) is 1.00. The fourth-order valence-electron chi connectivity index (χ4n) is 20.6. The number of thioether (sulfide) groups is 2. The van der Waals surface area contributed by atoms with E-state index in [9.17, 15) is 0 Å². The molecule has 0 unspecified atom stereocenters. The minimum Gasteiger partial charge on any atom is -0.381 e. The van der Waals surface area contributed by atoms with Crippen LogP contribution in [-0.2, 0) is 14.2 Å². The maximum absolute atomic E-state index is 5.99. The highest BCUT2D eigenvalue weighted by molar-refractivity contribution is 7.99. The van der Waals surface area contributed by atoms with E-state index in [-0.39, 0.29) is 5.60 Å². The van der Waals surface area contributed by atoms with Crippen LogP contribution in [0.1, 0.15) is 519 Å². The van der Waals surface area contributed by atoms with Crippen molar-refractivity contribution in [3.63, 3.8) is 0 Å². The molecule has 0 radical (unpaired) electrons. The molecular formula is C113H244N2O3S2. The van der Waals surface area contributed by atoms with E-state index in [0.717, 1.165) is 116 Å². The Balaban J connectivity index is -0.000000191. The number of piperidine rings is 2. The fourth-order valence-corrected chi connectivity index (χ4v) is 23.6. The minimum atomic E-state index is 0.179. The third-order valence-electron chi connectivity index (χ3n) is 29.3. The van der Waals surface area contributed by atoms with Crippen LogP contribution in [0.5, 0.6) is 0 Å². The third-order valence-corrected chi connectivity index (χ3v) is 31.6. The number of ether oxygens (including phenoxy) is 3. The predicted octanol–water partition coefficient (Wildman–Crippen LogP) is 38.1. The topological polar surface area (TPSA) is 51.8 Å². The molecule has 7 heteroatoms.